The summed E-state index contributed by atoms with van der Waals surface area (Å²) >= 11 is 1.65. The second-order valence-electron chi connectivity index (χ2n) is 6.27. The molecular weight excluding hydrogens is 330 g/mol. The number of benzene rings is 2. The maximum atomic E-state index is 12.2. The molecule has 0 aliphatic heterocycles. The lowest BCUT2D eigenvalue weighted by Crippen LogP contribution is -2.34. The lowest BCUT2D eigenvalue weighted by molar-refractivity contribution is -0.120. The third-order valence-electron chi connectivity index (χ3n) is 3.91. The summed E-state index contributed by atoms with van der Waals surface area (Å²) in [6.45, 7) is 7.23. The maximum absolute atomic E-state index is 12.2. The normalized spacial score (nSPS) is 12.0. The summed E-state index contributed by atoms with van der Waals surface area (Å²) in [5.74, 6) is 2.22. The van der Waals surface area contributed by atoms with E-state index in [0.717, 1.165) is 11.5 Å². The number of hydrogen-bond donors (Lipinski definition) is 1. The predicted octanol–water partition coefficient (Wildman–Crippen LogP) is 4.63. The van der Waals surface area contributed by atoms with Gasteiger partial charge in [0.2, 0.25) is 5.91 Å². The van der Waals surface area contributed by atoms with Crippen LogP contribution in [-0.2, 0) is 10.5 Å². The van der Waals surface area contributed by atoms with Crippen LogP contribution < -0.4 is 10.1 Å². The highest BCUT2D eigenvalue weighted by Gasteiger charge is 2.13. The highest BCUT2D eigenvalue weighted by Crippen LogP contribution is 2.25. The highest BCUT2D eigenvalue weighted by atomic mass is 32.2. The lowest BCUT2D eigenvalue weighted by atomic mass is 10.0. The largest absolute Gasteiger partial charge is 0.491 e. The van der Waals surface area contributed by atoms with Crippen molar-refractivity contribution < 1.29 is 9.53 Å². The molecule has 25 heavy (non-hydrogen) atoms. The van der Waals surface area contributed by atoms with Crippen LogP contribution in [-0.4, -0.2) is 24.3 Å². The van der Waals surface area contributed by atoms with Gasteiger partial charge in [-0.1, -0.05) is 62.4 Å². The molecule has 3 nitrogen and oxygen atoms in total. The molecule has 0 bridgehead atoms. The van der Waals surface area contributed by atoms with E-state index in [4.69, 9.17) is 4.74 Å². The number of carbonyl (C=O) groups is 1. The van der Waals surface area contributed by atoms with Gasteiger partial charge in [0.1, 0.15) is 12.4 Å². The number of para-hydroxylation sites is 1. The zero-order valence-electron chi connectivity index (χ0n) is 15.2. The van der Waals surface area contributed by atoms with E-state index in [-0.39, 0.29) is 11.2 Å². The standard InChI is InChI=1S/C21H27NO2S/c1-16(2)19-11-7-8-12-20(19)24-14-13-22-21(23)17(3)25-15-18-9-5-4-6-10-18/h4-12,16-17H,13-15H2,1-3H3,(H,22,23)/t17-/m1/s1. The fourth-order valence-electron chi connectivity index (χ4n) is 2.44. The lowest BCUT2D eigenvalue weighted by Gasteiger charge is -2.15. The average molecular weight is 358 g/mol. The number of hydrogen-bond acceptors (Lipinski definition) is 3. The first-order valence-corrected chi connectivity index (χ1v) is 9.77. The van der Waals surface area contributed by atoms with Crippen molar-refractivity contribution in [1.29, 1.82) is 0 Å². The molecule has 4 heteroatoms. The van der Waals surface area contributed by atoms with Gasteiger partial charge in [-0.25, -0.2) is 0 Å². The molecule has 0 aliphatic rings. The Morgan fingerprint density at radius 3 is 2.44 bits per heavy atom. The van der Waals surface area contributed by atoms with Crippen LogP contribution in [0.5, 0.6) is 5.75 Å². The molecule has 0 aliphatic carbocycles. The van der Waals surface area contributed by atoms with Crippen molar-refractivity contribution in [3.05, 3.63) is 65.7 Å². The van der Waals surface area contributed by atoms with E-state index in [2.05, 4.69) is 37.4 Å². The Bertz CT molecular complexity index is 658. The molecule has 0 saturated heterocycles. The molecule has 0 fully saturated rings. The van der Waals surface area contributed by atoms with E-state index in [0.29, 0.717) is 19.1 Å². The second-order valence-corrected chi connectivity index (χ2v) is 7.60. The molecule has 1 atom stereocenters. The van der Waals surface area contributed by atoms with Crippen molar-refractivity contribution >= 4 is 17.7 Å². The molecule has 0 unspecified atom stereocenters. The van der Waals surface area contributed by atoms with Crippen molar-refractivity contribution in [2.45, 2.75) is 37.7 Å². The van der Waals surface area contributed by atoms with Crippen LogP contribution >= 0.6 is 11.8 Å². The van der Waals surface area contributed by atoms with E-state index in [1.165, 1.54) is 11.1 Å². The first kappa shape index (κ1) is 19.4. The molecule has 2 aromatic carbocycles. The predicted molar refractivity (Wildman–Crippen MR) is 106 cm³/mol. The van der Waals surface area contributed by atoms with Gasteiger partial charge >= 0.3 is 0 Å². The molecule has 0 radical (unpaired) electrons. The topological polar surface area (TPSA) is 38.3 Å². The van der Waals surface area contributed by atoms with Crippen LogP contribution in [0.25, 0.3) is 0 Å². The molecule has 0 spiro atoms. The van der Waals surface area contributed by atoms with Gasteiger partial charge in [-0.15, -0.1) is 11.8 Å². The van der Waals surface area contributed by atoms with Crippen molar-refractivity contribution in [1.82, 2.24) is 5.32 Å². The minimum absolute atomic E-state index is 0.0571. The summed E-state index contributed by atoms with van der Waals surface area (Å²) in [5.41, 5.74) is 2.43. The molecule has 2 aromatic rings. The van der Waals surface area contributed by atoms with Gasteiger partial charge in [-0.2, -0.15) is 0 Å². The Kier molecular flexibility index (Phi) is 7.86. The molecule has 2 rings (SSSR count). The molecular formula is C21H27NO2S. The van der Waals surface area contributed by atoms with E-state index >= 15 is 0 Å². The summed E-state index contributed by atoms with van der Waals surface area (Å²) in [4.78, 5) is 12.2. The van der Waals surface area contributed by atoms with E-state index in [9.17, 15) is 4.79 Å². The number of carbonyl (C=O) groups excluding carboxylic acids is 1. The molecule has 0 aromatic heterocycles. The average Bonchev–Trinajstić information content (AvgIpc) is 2.64. The van der Waals surface area contributed by atoms with Crippen LogP contribution in [0.2, 0.25) is 0 Å². The first-order chi connectivity index (χ1) is 12.1. The summed E-state index contributed by atoms with van der Waals surface area (Å²) in [7, 11) is 0. The van der Waals surface area contributed by atoms with Gasteiger partial charge in [-0.3, -0.25) is 4.79 Å². The molecule has 0 saturated carbocycles. The fourth-order valence-corrected chi connectivity index (χ4v) is 3.31. The molecule has 134 valence electrons. The van der Waals surface area contributed by atoms with Gasteiger partial charge in [0.25, 0.3) is 0 Å². The van der Waals surface area contributed by atoms with Gasteiger partial charge in [0, 0.05) is 5.75 Å². The zero-order valence-corrected chi connectivity index (χ0v) is 16.0. The number of nitrogens with one attached hydrogen (secondary N) is 1. The molecule has 1 amide bonds. The Morgan fingerprint density at radius 2 is 1.72 bits per heavy atom. The Balaban J connectivity index is 1.70. The number of amides is 1. The smallest absolute Gasteiger partial charge is 0.232 e. The van der Waals surface area contributed by atoms with Crippen molar-refractivity contribution in [2.24, 2.45) is 0 Å². The summed E-state index contributed by atoms with van der Waals surface area (Å²) in [6.07, 6.45) is 0. The van der Waals surface area contributed by atoms with Gasteiger partial charge < -0.3 is 10.1 Å². The number of ether oxygens (including phenoxy) is 1. The van der Waals surface area contributed by atoms with Gasteiger partial charge in [0.15, 0.2) is 0 Å². The summed E-state index contributed by atoms with van der Waals surface area (Å²) < 4.78 is 5.84. The van der Waals surface area contributed by atoms with Gasteiger partial charge in [0.05, 0.1) is 11.8 Å². The van der Waals surface area contributed by atoms with Crippen LogP contribution in [0.15, 0.2) is 54.6 Å². The summed E-state index contributed by atoms with van der Waals surface area (Å²) in [5, 5.41) is 2.87. The number of thioether (sulfide) groups is 1. The van der Waals surface area contributed by atoms with Crippen LogP contribution in [0.1, 0.15) is 37.8 Å². The SMILES string of the molecule is CC(C)c1ccccc1OCCNC(=O)[C@@H](C)SCc1ccccc1. The summed E-state index contributed by atoms with van der Waals surface area (Å²) in [6, 6.07) is 18.3. The quantitative estimate of drug-likeness (QED) is 0.665. The Labute approximate surface area is 155 Å². The van der Waals surface area contributed by atoms with Crippen LogP contribution in [0, 0.1) is 0 Å². The minimum Gasteiger partial charge on any atom is -0.491 e. The second kappa shape index (κ2) is 10.1. The first-order valence-electron chi connectivity index (χ1n) is 8.73. The number of rotatable bonds is 9. The van der Waals surface area contributed by atoms with Crippen molar-refractivity contribution in [3.63, 3.8) is 0 Å². The minimum atomic E-state index is -0.0804. The third-order valence-corrected chi connectivity index (χ3v) is 5.13. The van der Waals surface area contributed by atoms with E-state index in [1.54, 1.807) is 11.8 Å². The maximum Gasteiger partial charge on any atom is 0.232 e. The zero-order chi connectivity index (χ0) is 18.1. The van der Waals surface area contributed by atoms with E-state index in [1.807, 2.05) is 43.3 Å². The molecule has 1 N–H and O–H groups in total. The van der Waals surface area contributed by atoms with Crippen LogP contribution in [0.3, 0.4) is 0 Å². The van der Waals surface area contributed by atoms with Gasteiger partial charge in [-0.05, 0) is 30.0 Å². The fraction of sp³-hybridized carbons (Fsp3) is 0.381. The van der Waals surface area contributed by atoms with E-state index < -0.39 is 0 Å². The van der Waals surface area contributed by atoms with Crippen molar-refractivity contribution in [2.75, 3.05) is 13.2 Å². The molecule has 0 heterocycles. The Morgan fingerprint density at radius 1 is 1.04 bits per heavy atom. The van der Waals surface area contributed by atoms with Crippen molar-refractivity contribution in [3.8, 4) is 5.75 Å². The highest BCUT2D eigenvalue weighted by molar-refractivity contribution is 7.99. The third kappa shape index (κ3) is 6.46. The monoisotopic (exact) mass is 357 g/mol. The Hall–Kier alpha value is -1.94. The van der Waals surface area contributed by atoms with Crippen LogP contribution in [0.4, 0.5) is 0 Å².